The van der Waals surface area contributed by atoms with E-state index in [0.29, 0.717) is 5.75 Å². The summed E-state index contributed by atoms with van der Waals surface area (Å²) in [6.45, 7) is 6.35. The standard InChI is InChI=1S/C31H41N3O/c35-31-16-7-6-14-29(31)25-34(26-30-15-8-9-19-32-30)21-11-2-1-10-20-33-22-17-28(18-23-33)24-27-12-4-3-5-13-27/h3-9,12-16,19,28,35H,1-2,10-11,17-18,20-26H2. The molecule has 1 aromatic heterocycles. The van der Waals surface area contributed by atoms with Crippen molar-refractivity contribution in [2.45, 2.75) is 58.0 Å². The van der Waals surface area contributed by atoms with Gasteiger partial charge in [0.05, 0.1) is 5.69 Å². The predicted octanol–water partition coefficient (Wildman–Crippen LogP) is 6.30. The van der Waals surface area contributed by atoms with Crippen LogP contribution in [-0.4, -0.2) is 46.1 Å². The number of benzene rings is 2. The highest BCUT2D eigenvalue weighted by atomic mass is 16.3. The smallest absolute Gasteiger partial charge is 0.120 e. The summed E-state index contributed by atoms with van der Waals surface area (Å²) in [5, 5.41) is 10.2. The van der Waals surface area contributed by atoms with Crippen LogP contribution in [-0.2, 0) is 19.5 Å². The molecule has 2 aromatic carbocycles. The zero-order chi connectivity index (χ0) is 24.1. The fourth-order valence-corrected chi connectivity index (χ4v) is 5.21. The predicted molar refractivity (Wildman–Crippen MR) is 144 cm³/mol. The van der Waals surface area contributed by atoms with Gasteiger partial charge in [0.1, 0.15) is 5.75 Å². The van der Waals surface area contributed by atoms with Gasteiger partial charge in [-0.05, 0) is 88.0 Å². The molecule has 1 saturated heterocycles. The molecule has 186 valence electrons. The van der Waals surface area contributed by atoms with Gasteiger partial charge in [-0.3, -0.25) is 9.88 Å². The Morgan fingerprint density at radius 2 is 1.54 bits per heavy atom. The minimum Gasteiger partial charge on any atom is -0.508 e. The van der Waals surface area contributed by atoms with Gasteiger partial charge in [-0.2, -0.15) is 0 Å². The van der Waals surface area contributed by atoms with Gasteiger partial charge < -0.3 is 10.0 Å². The van der Waals surface area contributed by atoms with Crippen molar-refractivity contribution in [3.05, 3.63) is 95.8 Å². The second kappa shape index (κ2) is 14.0. The van der Waals surface area contributed by atoms with E-state index in [-0.39, 0.29) is 0 Å². The molecular weight excluding hydrogens is 430 g/mol. The Hall–Kier alpha value is -2.69. The van der Waals surface area contributed by atoms with E-state index in [2.05, 4.69) is 51.2 Å². The summed E-state index contributed by atoms with van der Waals surface area (Å²) in [7, 11) is 0. The highest BCUT2D eigenvalue weighted by Gasteiger charge is 2.19. The second-order valence-electron chi connectivity index (χ2n) is 10.0. The van der Waals surface area contributed by atoms with Crippen molar-refractivity contribution in [3.63, 3.8) is 0 Å². The molecule has 0 amide bonds. The molecule has 0 atom stereocenters. The van der Waals surface area contributed by atoms with Gasteiger partial charge in [-0.15, -0.1) is 0 Å². The molecule has 1 N–H and O–H groups in total. The van der Waals surface area contributed by atoms with Crippen molar-refractivity contribution >= 4 is 0 Å². The molecule has 0 saturated carbocycles. The minimum absolute atomic E-state index is 0.381. The number of aromatic nitrogens is 1. The van der Waals surface area contributed by atoms with Crippen molar-refractivity contribution in [2.24, 2.45) is 5.92 Å². The van der Waals surface area contributed by atoms with Crippen LogP contribution >= 0.6 is 0 Å². The lowest BCUT2D eigenvalue weighted by Crippen LogP contribution is -2.35. The highest BCUT2D eigenvalue weighted by Crippen LogP contribution is 2.22. The molecule has 0 unspecified atom stereocenters. The molecule has 0 spiro atoms. The van der Waals surface area contributed by atoms with Gasteiger partial charge in [-0.25, -0.2) is 0 Å². The first-order valence-corrected chi connectivity index (χ1v) is 13.4. The number of phenolic OH excluding ortho intramolecular Hbond substituents is 1. The van der Waals surface area contributed by atoms with Crippen LogP contribution < -0.4 is 0 Å². The summed E-state index contributed by atoms with van der Waals surface area (Å²) in [6.07, 6.45) is 10.8. The molecule has 1 aliphatic heterocycles. The Bertz CT molecular complexity index is 971. The van der Waals surface area contributed by atoms with Crippen LogP contribution in [0, 0.1) is 5.92 Å². The van der Waals surface area contributed by atoms with E-state index in [0.717, 1.165) is 36.8 Å². The SMILES string of the molecule is Oc1ccccc1CN(CCCCCCN1CCC(Cc2ccccc2)CC1)Cc1ccccn1. The van der Waals surface area contributed by atoms with Gasteiger partial charge in [0.2, 0.25) is 0 Å². The molecule has 0 bridgehead atoms. The lowest BCUT2D eigenvalue weighted by Gasteiger charge is -2.32. The number of nitrogens with zero attached hydrogens (tertiary/aromatic N) is 3. The third kappa shape index (κ3) is 8.79. The molecule has 4 nitrogen and oxygen atoms in total. The lowest BCUT2D eigenvalue weighted by atomic mass is 9.90. The molecular formula is C31H41N3O. The number of aromatic hydroxyl groups is 1. The number of hydrogen-bond donors (Lipinski definition) is 1. The quantitative estimate of drug-likeness (QED) is 0.297. The molecule has 0 aliphatic carbocycles. The van der Waals surface area contributed by atoms with Crippen LogP contribution in [0.2, 0.25) is 0 Å². The Balaban J connectivity index is 1.13. The molecule has 4 rings (SSSR count). The van der Waals surface area contributed by atoms with Gasteiger partial charge in [0, 0.05) is 24.8 Å². The third-order valence-corrected chi connectivity index (χ3v) is 7.27. The summed E-state index contributed by atoms with van der Waals surface area (Å²) in [5.41, 5.74) is 3.56. The number of pyridine rings is 1. The zero-order valence-electron chi connectivity index (χ0n) is 21.1. The minimum atomic E-state index is 0.381. The number of hydrogen-bond acceptors (Lipinski definition) is 4. The first-order chi connectivity index (χ1) is 17.3. The van der Waals surface area contributed by atoms with Crippen molar-refractivity contribution in [1.82, 2.24) is 14.8 Å². The molecule has 4 heteroatoms. The van der Waals surface area contributed by atoms with E-state index in [4.69, 9.17) is 0 Å². The number of para-hydroxylation sites is 1. The van der Waals surface area contributed by atoms with Gasteiger partial charge in [-0.1, -0.05) is 67.4 Å². The van der Waals surface area contributed by atoms with Crippen LogP contribution in [0.5, 0.6) is 5.75 Å². The van der Waals surface area contributed by atoms with E-state index < -0.39 is 0 Å². The van der Waals surface area contributed by atoms with Crippen LogP contribution in [0.3, 0.4) is 0 Å². The van der Waals surface area contributed by atoms with E-state index in [9.17, 15) is 5.11 Å². The third-order valence-electron chi connectivity index (χ3n) is 7.27. The summed E-state index contributed by atoms with van der Waals surface area (Å²) >= 11 is 0. The van der Waals surface area contributed by atoms with Crippen molar-refractivity contribution in [3.8, 4) is 5.75 Å². The van der Waals surface area contributed by atoms with Crippen molar-refractivity contribution in [2.75, 3.05) is 26.2 Å². The number of rotatable bonds is 13. The first-order valence-electron chi connectivity index (χ1n) is 13.4. The second-order valence-corrected chi connectivity index (χ2v) is 10.0. The van der Waals surface area contributed by atoms with Gasteiger partial charge >= 0.3 is 0 Å². The fraction of sp³-hybridized carbons (Fsp3) is 0.452. The number of phenols is 1. The number of unbranched alkanes of at least 4 members (excludes halogenated alkanes) is 3. The van der Waals surface area contributed by atoms with Crippen molar-refractivity contribution in [1.29, 1.82) is 0 Å². The molecule has 3 aromatic rings. The number of likely N-dealkylation sites (tertiary alicyclic amines) is 1. The summed E-state index contributed by atoms with van der Waals surface area (Å²) in [6, 6.07) is 24.7. The zero-order valence-corrected chi connectivity index (χ0v) is 21.1. The maximum atomic E-state index is 10.2. The maximum absolute atomic E-state index is 10.2. The van der Waals surface area contributed by atoms with Crippen LogP contribution in [0.25, 0.3) is 0 Å². The first kappa shape index (κ1) is 25.4. The average Bonchev–Trinajstić information content (AvgIpc) is 2.89. The van der Waals surface area contributed by atoms with Crippen LogP contribution in [0.15, 0.2) is 79.0 Å². The van der Waals surface area contributed by atoms with E-state index in [1.54, 1.807) is 6.07 Å². The summed E-state index contributed by atoms with van der Waals surface area (Å²) in [5.74, 6) is 1.23. The van der Waals surface area contributed by atoms with Gasteiger partial charge in [0.25, 0.3) is 0 Å². The maximum Gasteiger partial charge on any atom is 0.120 e. The topological polar surface area (TPSA) is 39.6 Å². The lowest BCUT2D eigenvalue weighted by molar-refractivity contribution is 0.180. The molecule has 0 radical (unpaired) electrons. The Morgan fingerprint density at radius 1 is 0.800 bits per heavy atom. The monoisotopic (exact) mass is 471 g/mol. The Kier molecular flexibility index (Phi) is 10.2. The molecule has 35 heavy (non-hydrogen) atoms. The molecule has 2 heterocycles. The fourth-order valence-electron chi connectivity index (χ4n) is 5.21. The molecule has 1 aliphatic rings. The normalized spacial score (nSPS) is 15.0. The Labute approximate surface area is 211 Å². The van der Waals surface area contributed by atoms with E-state index in [1.807, 2.05) is 36.5 Å². The summed E-state index contributed by atoms with van der Waals surface area (Å²) in [4.78, 5) is 9.60. The largest absolute Gasteiger partial charge is 0.508 e. The highest BCUT2D eigenvalue weighted by molar-refractivity contribution is 5.31. The Morgan fingerprint density at radius 3 is 2.31 bits per heavy atom. The van der Waals surface area contributed by atoms with Crippen LogP contribution in [0.4, 0.5) is 0 Å². The van der Waals surface area contributed by atoms with Crippen molar-refractivity contribution < 1.29 is 5.11 Å². The number of piperidine rings is 1. The summed E-state index contributed by atoms with van der Waals surface area (Å²) < 4.78 is 0. The van der Waals surface area contributed by atoms with Crippen LogP contribution in [0.1, 0.15) is 55.3 Å². The average molecular weight is 472 g/mol. The van der Waals surface area contributed by atoms with E-state index >= 15 is 0 Å². The molecule has 1 fully saturated rings. The van der Waals surface area contributed by atoms with Gasteiger partial charge in [0.15, 0.2) is 0 Å². The van der Waals surface area contributed by atoms with E-state index in [1.165, 1.54) is 70.1 Å².